The van der Waals surface area contributed by atoms with Crippen molar-refractivity contribution >= 4 is 18.0 Å². The number of aliphatic carboxylic acids is 1. The summed E-state index contributed by atoms with van der Waals surface area (Å²) < 4.78 is 10.7. The number of carboxylic acid groups (broad SMARTS) is 1. The van der Waals surface area contributed by atoms with E-state index in [-0.39, 0.29) is 31.4 Å². The van der Waals surface area contributed by atoms with Crippen LogP contribution in [0, 0.1) is 5.92 Å². The summed E-state index contributed by atoms with van der Waals surface area (Å²) >= 11 is 0. The zero-order chi connectivity index (χ0) is 24.7. The molecule has 0 saturated carbocycles. The number of hydrogen-bond acceptors (Lipinski definition) is 5. The molecule has 0 heterocycles. The third-order valence-corrected chi connectivity index (χ3v) is 6.37. The van der Waals surface area contributed by atoms with Crippen LogP contribution in [0.3, 0.4) is 0 Å². The van der Waals surface area contributed by atoms with Crippen molar-refractivity contribution in [1.29, 1.82) is 0 Å². The van der Waals surface area contributed by atoms with Crippen molar-refractivity contribution in [2.24, 2.45) is 5.92 Å². The molecule has 1 aliphatic rings. The summed E-state index contributed by atoms with van der Waals surface area (Å²) in [6, 6.07) is 15.2. The fourth-order valence-corrected chi connectivity index (χ4v) is 4.24. The second-order valence-electron chi connectivity index (χ2n) is 8.48. The number of nitrogens with one attached hydrogen (secondary N) is 2. The van der Waals surface area contributed by atoms with Gasteiger partial charge in [-0.25, -0.2) is 9.59 Å². The SMILES string of the molecule is CCC(C)[C@H](NC(=O)C(CCNC(=O)OCC1c2ccccc2-c2ccccc21)OC)C(=O)O. The van der Waals surface area contributed by atoms with Crippen LogP contribution in [0.2, 0.25) is 0 Å². The van der Waals surface area contributed by atoms with Gasteiger partial charge in [0.2, 0.25) is 5.91 Å². The Morgan fingerprint density at radius 2 is 1.62 bits per heavy atom. The van der Waals surface area contributed by atoms with Gasteiger partial charge in [0.1, 0.15) is 18.8 Å². The maximum atomic E-state index is 12.5. The molecule has 0 aliphatic heterocycles. The number of carbonyl (C=O) groups excluding carboxylic acids is 2. The Kier molecular flexibility index (Phi) is 8.65. The van der Waals surface area contributed by atoms with E-state index < -0.39 is 30.1 Å². The predicted molar refractivity (Wildman–Crippen MR) is 128 cm³/mol. The highest BCUT2D eigenvalue weighted by molar-refractivity contribution is 5.86. The molecule has 3 N–H and O–H groups in total. The fourth-order valence-electron chi connectivity index (χ4n) is 4.24. The number of carboxylic acids is 1. The Hall–Kier alpha value is -3.39. The zero-order valence-corrected chi connectivity index (χ0v) is 19.7. The molecule has 0 spiro atoms. The topological polar surface area (TPSA) is 114 Å². The molecular weight excluding hydrogens is 436 g/mol. The van der Waals surface area contributed by atoms with Crippen LogP contribution >= 0.6 is 0 Å². The first-order valence-electron chi connectivity index (χ1n) is 11.5. The molecule has 8 heteroatoms. The van der Waals surface area contributed by atoms with Crippen LogP contribution in [0.15, 0.2) is 48.5 Å². The summed E-state index contributed by atoms with van der Waals surface area (Å²) in [5.41, 5.74) is 4.56. The maximum Gasteiger partial charge on any atom is 0.407 e. The van der Waals surface area contributed by atoms with Gasteiger partial charge in [-0.1, -0.05) is 68.8 Å². The Bertz CT molecular complexity index is 978. The summed E-state index contributed by atoms with van der Waals surface area (Å²) in [5, 5.41) is 14.5. The van der Waals surface area contributed by atoms with Crippen molar-refractivity contribution in [1.82, 2.24) is 10.6 Å². The number of benzene rings is 2. The van der Waals surface area contributed by atoms with Gasteiger partial charge >= 0.3 is 12.1 Å². The number of hydrogen-bond donors (Lipinski definition) is 3. The first-order valence-corrected chi connectivity index (χ1v) is 11.5. The highest BCUT2D eigenvalue weighted by Gasteiger charge is 2.30. The highest BCUT2D eigenvalue weighted by Crippen LogP contribution is 2.44. The molecule has 2 aromatic rings. The van der Waals surface area contributed by atoms with Crippen LogP contribution in [-0.2, 0) is 19.1 Å². The number of fused-ring (bicyclic) bond motifs is 3. The molecule has 0 fully saturated rings. The van der Waals surface area contributed by atoms with Crippen molar-refractivity contribution in [3.8, 4) is 11.1 Å². The standard InChI is InChI=1S/C26H32N2O6/c1-4-16(2)23(25(30)31)28-24(29)22(33-3)13-14-27-26(32)34-15-21-19-11-7-5-9-17(19)18-10-6-8-12-20(18)21/h5-12,16,21-23H,4,13-15H2,1-3H3,(H,27,32)(H,28,29)(H,30,31)/t16?,22?,23-/m0/s1. The molecule has 2 unspecified atom stereocenters. The van der Waals surface area contributed by atoms with Crippen molar-refractivity contribution in [2.45, 2.75) is 44.8 Å². The van der Waals surface area contributed by atoms with Gasteiger partial charge in [0.25, 0.3) is 0 Å². The summed E-state index contributed by atoms with van der Waals surface area (Å²) in [6.45, 7) is 3.96. The van der Waals surface area contributed by atoms with Crippen molar-refractivity contribution < 1.29 is 29.0 Å². The van der Waals surface area contributed by atoms with Crippen molar-refractivity contribution in [3.63, 3.8) is 0 Å². The van der Waals surface area contributed by atoms with Gasteiger partial charge in [-0.2, -0.15) is 0 Å². The summed E-state index contributed by atoms with van der Waals surface area (Å²) in [4.78, 5) is 36.2. The second kappa shape index (κ2) is 11.7. The van der Waals surface area contributed by atoms with Gasteiger partial charge in [-0.05, 0) is 28.2 Å². The molecule has 182 valence electrons. The number of ether oxygens (including phenoxy) is 2. The minimum Gasteiger partial charge on any atom is -0.480 e. The average molecular weight is 469 g/mol. The van der Waals surface area contributed by atoms with Gasteiger partial charge in [0, 0.05) is 26.0 Å². The Morgan fingerprint density at radius 1 is 1.03 bits per heavy atom. The third kappa shape index (κ3) is 5.75. The largest absolute Gasteiger partial charge is 0.480 e. The Morgan fingerprint density at radius 3 is 2.15 bits per heavy atom. The van der Waals surface area contributed by atoms with Crippen molar-refractivity contribution in [2.75, 3.05) is 20.3 Å². The molecule has 2 aromatic carbocycles. The third-order valence-electron chi connectivity index (χ3n) is 6.37. The Labute approximate surface area is 199 Å². The van der Waals surface area contributed by atoms with Crippen LogP contribution in [0.1, 0.15) is 43.7 Å². The Balaban J connectivity index is 1.50. The predicted octanol–water partition coefficient (Wildman–Crippen LogP) is 3.55. The number of rotatable bonds is 11. The van der Waals surface area contributed by atoms with Crippen LogP contribution in [0.25, 0.3) is 11.1 Å². The molecule has 0 aromatic heterocycles. The lowest BCUT2D eigenvalue weighted by atomic mass is 9.98. The van der Waals surface area contributed by atoms with E-state index in [4.69, 9.17) is 9.47 Å². The van der Waals surface area contributed by atoms with E-state index >= 15 is 0 Å². The average Bonchev–Trinajstić information content (AvgIpc) is 3.16. The van der Waals surface area contributed by atoms with Gasteiger partial charge in [-0.15, -0.1) is 0 Å². The summed E-state index contributed by atoms with van der Waals surface area (Å²) in [7, 11) is 1.37. The van der Waals surface area contributed by atoms with Gasteiger partial charge in [0.05, 0.1) is 0 Å². The minimum atomic E-state index is -1.09. The second-order valence-corrected chi connectivity index (χ2v) is 8.48. The van der Waals surface area contributed by atoms with E-state index in [9.17, 15) is 19.5 Å². The van der Waals surface area contributed by atoms with E-state index in [2.05, 4.69) is 22.8 Å². The van der Waals surface area contributed by atoms with E-state index in [0.717, 1.165) is 22.3 Å². The molecule has 8 nitrogen and oxygen atoms in total. The molecule has 0 bridgehead atoms. The minimum absolute atomic E-state index is 0.0378. The van der Waals surface area contributed by atoms with Crippen LogP contribution < -0.4 is 10.6 Å². The fraction of sp³-hybridized carbons (Fsp3) is 0.423. The molecule has 3 atom stereocenters. The highest BCUT2D eigenvalue weighted by atomic mass is 16.5. The van der Waals surface area contributed by atoms with Crippen LogP contribution in [0.4, 0.5) is 4.79 Å². The number of amides is 2. The number of carbonyl (C=O) groups is 3. The van der Waals surface area contributed by atoms with Crippen molar-refractivity contribution in [3.05, 3.63) is 59.7 Å². The lowest BCUT2D eigenvalue weighted by molar-refractivity contribution is -0.145. The summed E-state index contributed by atoms with van der Waals surface area (Å²) in [5.74, 6) is -1.87. The van der Waals surface area contributed by atoms with E-state index in [1.54, 1.807) is 6.92 Å². The molecule has 34 heavy (non-hydrogen) atoms. The van der Waals surface area contributed by atoms with E-state index in [1.165, 1.54) is 7.11 Å². The summed E-state index contributed by atoms with van der Waals surface area (Å²) in [6.07, 6.45) is -0.683. The molecule has 3 rings (SSSR count). The molecule has 1 aliphatic carbocycles. The lowest BCUT2D eigenvalue weighted by Crippen LogP contribution is -2.49. The number of methoxy groups -OCH3 is 1. The van der Waals surface area contributed by atoms with Gasteiger partial charge in [-0.3, -0.25) is 4.79 Å². The smallest absolute Gasteiger partial charge is 0.407 e. The van der Waals surface area contributed by atoms with Crippen LogP contribution in [-0.4, -0.2) is 55.5 Å². The monoisotopic (exact) mass is 468 g/mol. The quantitative estimate of drug-likeness (QED) is 0.465. The van der Waals surface area contributed by atoms with Crippen LogP contribution in [0.5, 0.6) is 0 Å². The normalized spacial score (nSPS) is 14.9. The molecule has 0 radical (unpaired) electrons. The first kappa shape index (κ1) is 25.2. The van der Waals surface area contributed by atoms with E-state index in [0.29, 0.717) is 6.42 Å². The number of alkyl carbamates (subject to hydrolysis) is 1. The van der Waals surface area contributed by atoms with Gasteiger partial charge < -0.3 is 25.2 Å². The molecule has 2 amide bonds. The first-order chi connectivity index (χ1) is 16.4. The lowest BCUT2D eigenvalue weighted by Gasteiger charge is -2.23. The molecular formula is C26H32N2O6. The van der Waals surface area contributed by atoms with Gasteiger partial charge in [0.15, 0.2) is 0 Å². The van der Waals surface area contributed by atoms with E-state index in [1.807, 2.05) is 43.3 Å². The molecule has 0 saturated heterocycles. The zero-order valence-electron chi connectivity index (χ0n) is 19.7. The maximum absolute atomic E-state index is 12.5.